The van der Waals surface area contributed by atoms with E-state index in [4.69, 9.17) is 5.73 Å². The summed E-state index contributed by atoms with van der Waals surface area (Å²) in [7, 11) is -2.88. The van der Waals surface area contributed by atoms with Gasteiger partial charge in [0.05, 0.1) is 29.1 Å². The number of nitrogens with two attached hydrogens (primary N) is 1. The van der Waals surface area contributed by atoms with E-state index in [-0.39, 0.29) is 11.8 Å². The SMILES string of the molecule is Nc1cncc(NC2CCCS(=O)(=O)C2)c1. The number of nitrogens with one attached hydrogen (secondary N) is 1. The summed E-state index contributed by atoms with van der Waals surface area (Å²) in [4.78, 5) is 3.95. The Labute approximate surface area is 95.0 Å². The highest BCUT2D eigenvalue weighted by Gasteiger charge is 2.24. The van der Waals surface area contributed by atoms with Crippen molar-refractivity contribution in [2.75, 3.05) is 22.6 Å². The van der Waals surface area contributed by atoms with E-state index < -0.39 is 9.84 Å². The maximum Gasteiger partial charge on any atom is 0.152 e. The normalized spacial score (nSPS) is 23.9. The Kier molecular flexibility index (Phi) is 3.00. The van der Waals surface area contributed by atoms with E-state index >= 15 is 0 Å². The average molecular weight is 241 g/mol. The highest BCUT2D eigenvalue weighted by Crippen LogP contribution is 2.18. The molecule has 1 aromatic heterocycles. The number of nitrogens with zero attached hydrogens (tertiary/aromatic N) is 1. The Morgan fingerprint density at radius 2 is 2.25 bits per heavy atom. The van der Waals surface area contributed by atoms with Gasteiger partial charge in [-0.15, -0.1) is 0 Å². The van der Waals surface area contributed by atoms with Gasteiger partial charge in [0.25, 0.3) is 0 Å². The fourth-order valence-electron chi connectivity index (χ4n) is 1.91. The van der Waals surface area contributed by atoms with Crippen molar-refractivity contribution in [3.8, 4) is 0 Å². The average Bonchev–Trinajstić information content (AvgIpc) is 2.15. The van der Waals surface area contributed by atoms with Crippen molar-refractivity contribution in [2.24, 2.45) is 0 Å². The molecule has 0 bridgehead atoms. The van der Waals surface area contributed by atoms with Crippen molar-refractivity contribution in [1.29, 1.82) is 0 Å². The highest BCUT2D eigenvalue weighted by atomic mass is 32.2. The largest absolute Gasteiger partial charge is 0.397 e. The molecule has 1 aliphatic rings. The van der Waals surface area contributed by atoms with E-state index in [0.29, 0.717) is 11.4 Å². The van der Waals surface area contributed by atoms with Gasteiger partial charge in [0.2, 0.25) is 0 Å². The van der Waals surface area contributed by atoms with Crippen molar-refractivity contribution < 1.29 is 8.42 Å². The van der Waals surface area contributed by atoms with E-state index in [0.717, 1.165) is 18.5 Å². The molecule has 2 heterocycles. The summed E-state index contributed by atoms with van der Waals surface area (Å²) in [6, 6.07) is 1.73. The summed E-state index contributed by atoms with van der Waals surface area (Å²) >= 11 is 0. The Hall–Kier alpha value is -1.30. The Morgan fingerprint density at radius 3 is 2.94 bits per heavy atom. The molecule has 1 saturated heterocycles. The van der Waals surface area contributed by atoms with Crippen LogP contribution in [-0.4, -0.2) is 30.9 Å². The van der Waals surface area contributed by atoms with Crippen molar-refractivity contribution in [2.45, 2.75) is 18.9 Å². The van der Waals surface area contributed by atoms with Crippen molar-refractivity contribution in [1.82, 2.24) is 4.98 Å². The first-order chi connectivity index (χ1) is 7.55. The smallest absolute Gasteiger partial charge is 0.152 e. The van der Waals surface area contributed by atoms with Crippen LogP contribution in [0.15, 0.2) is 18.5 Å². The monoisotopic (exact) mass is 241 g/mol. The number of hydrogen-bond donors (Lipinski definition) is 2. The van der Waals surface area contributed by atoms with Crippen molar-refractivity contribution in [3.05, 3.63) is 18.5 Å². The third-order valence-electron chi connectivity index (χ3n) is 2.59. The number of anilines is 2. The van der Waals surface area contributed by atoms with E-state index in [1.165, 1.54) is 0 Å². The third-order valence-corrected chi connectivity index (χ3v) is 4.41. The van der Waals surface area contributed by atoms with E-state index in [2.05, 4.69) is 10.3 Å². The van der Waals surface area contributed by atoms with E-state index in [1.54, 1.807) is 18.5 Å². The molecule has 1 atom stereocenters. The van der Waals surface area contributed by atoms with Gasteiger partial charge in [-0.2, -0.15) is 0 Å². The second-order valence-electron chi connectivity index (χ2n) is 4.10. The Balaban J connectivity index is 2.05. The van der Waals surface area contributed by atoms with Gasteiger partial charge in [0.15, 0.2) is 9.84 Å². The molecular weight excluding hydrogens is 226 g/mol. The van der Waals surface area contributed by atoms with Gasteiger partial charge in [-0.25, -0.2) is 8.42 Å². The van der Waals surface area contributed by atoms with Crippen LogP contribution in [-0.2, 0) is 9.84 Å². The topological polar surface area (TPSA) is 85.1 Å². The summed E-state index contributed by atoms with van der Waals surface area (Å²) in [5, 5.41) is 3.16. The number of hydrogen-bond acceptors (Lipinski definition) is 5. The summed E-state index contributed by atoms with van der Waals surface area (Å²) in [5.41, 5.74) is 6.95. The van der Waals surface area contributed by atoms with Gasteiger partial charge in [-0.05, 0) is 18.9 Å². The quantitative estimate of drug-likeness (QED) is 0.794. The molecule has 0 aromatic carbocycles. The second kappa shape index (κ2) is 4.29. The molecule has 1 aromatic rings. The Morgan fingerprint density at radius 1 is 1.44 bits per heavy atom. The van der Waals surface area contributed by atoms with Crippen LogP contribution < -0.4 is 11.1 Å². The number of sulfone groups is 1. The van der Waals surface area contributed by atoms with Crippen LogP contribution in [0.4, 0.5) is 11.4 Å². The molecule has 0 saturated carbocycles. The minimum Gasteiger partial charge on any atom is -0.397 e. The molecule has 1 unspecified atom stereocenters. The zero-order chi connectivity index (χ0) is 11.6. The van der Waals surface area contributed by atoms with Crippen LogP contribution in [0, 0.1) is 0 Å². The molecule has 0 spiro atoms. The summed E-state index contributed by atoms with van der Waals surface area (Å²) in [6.07, 6.45) is 4.80. The van der Waals surface area contributed by atoms with Gasteiger partial charge >= 0.3 is 0 Å². The third kappa shape index (κ3) is 2.85. The lowest BCUT2D eigenvalue weighted by atomic mass is 10.2. The van der Waals surface area contributed by atoms with Crippen molar-refractivity contribution in [3.63, 3.8) is 0 Å². The van der Waals surface area contributed by atoms with E-state index in [9.17, 15) is 8.42 Å². The summed E-state index contributed by atoms with van der Waals surface area (Å²) in [6.45, 7) is 0. The molecular formula is C10H15N3O2S. The van der Waals surface area contributed by atoms with Gasteiger partial charge in [-0.3, -0.25) is 4.98 Å². The minimum atomic E-state index is -2.88. The predicted molar refractivity (Wildman–Crippen MR) is 63.9 cm³/mol. The van der Waals surface area contributed by atoms with Gasteiger partial charge in [0.1, 0.15) is 0 Å². The molecule has 88 valence electrons. The van der Waals surface area contributed by atoms with E-state index in [1.807, 2.05) is 0 Å². The molecule has 0 aliphatic carbocycles. The zero-order valence-electron chi connectivity index (χ0n) is 8.89. The standard InChI is InChI=1S/C10H15N3O2S/c11-8-4-10(6-12-5-8)13-9-2-1-3-16(14,15)7-9/h4-6,9,13H,1-3,7,11H2. The zero-order valence-corrected chi connectivity index (χ0v) is 9.70. The van der Waals surface area contributed by atoms with Crippen LogP contribution in [0.2, 0.25) is 0 Å². The lowest BCUT2D eigenvalue weighted by Crippen LogP contribution is -2.34. The molecule has 0 radical (unpaired) electrons. The van der Waals surface area contributed by atoms with Gasteiger partial charge in [0, 0.05) is 12.2 Å². The number of nitrogen functional groups attached to an aromatic ring is 1. The molecule has 1 fully saturated rings. The highest BCUT2D eigenvalue weighted by molar-refractivity contribution is 7.91. The number of pyridine rings is 1. The molecule has 2 rings (SSSR count). The molecule has 16 heavy (non-hydrogen) atoms. The number of rotatable bonds is 2. The first-order valence-electron chi connectivity index (χ1n) is 5.23. The van der Waals surface area contributed by atoms with Gasteiger partial charge in [-0.1, -0.05) is 0 Å². The second-order valence-corrected chi connectivity index (χ2v) is 6.33. The predicted octanol–water partition coefficient (Wildman–Crippen LogP) is 0.653. The Bertz CT molecular complexity index is 473. The first-order valence-corrected chi connectivity index (χ1v) is 7.05. The van der Waals surface area contributed by atoms with Crippen LogP contribution in [0.3, 0.4) is 0 Å². The lowest BCUT2D eigenvalue weighted by molar-refractivity contribution is 0.562. The summed E-state index contributed by atoms with van der Waals surface area (Å²) < 4.78 is 22.9. The maximum absolute atomic E-state index is 11.4. The molecule has 5 nitrogen and oxygen atoms in total. The minimum absolute atomic E-state index is 0.0256. The van der Waals surface area contributed by atoms with Crippen LogP contribution in [0.1, 0.15) is 12.8 Å². The molecule has 6 heteroatoms. The fraction of sp³-hybridized carbons (Fsp3) is 0.500. The van der Waals surface area contributed by atoms with Crippen LogP contribution >= 0.6 is 0 Å². The maximum atomic E-state index is 11.4. The molecule has 3 N–H and O–H groups in total. The number of aromatic nitrogens is 1. The summed E-state index contributed by atoms with van der Waals surface area (Å²) in [5.74, 6) is 0.502. The molecule has 1 aliphatic heterocycles. The fourth-order valence-corrected chi connectivity index (χ4v) is 3.55. The lowest BCUT2D eigenvalue weighted by Gasteiger charge is -2.23. The first kappa shape index (κ1) is 11.2. The molecule has 0 amide bonds. The van der Waals surface area contributed by atoms with Gasteiger partial charge < -0.3 is 11.1 Å². The van der Waals surface area contributed by atoms with Crippen molar-refractivity contribution >= 4 is 21.2 Å². The van der Waals surface area contributed by atoms with Crippen LogP contribution in [0.25, 0.3) is 0 Å². The van der Waals surface area contributed by atoms with Crippen LogP contribution in [0.5, 0.6) is 0 Å².